The Kier molecular flexibility index (Phi) is 2.29. The highest BCUT2D eigenvalue weighted by Gasteiger charge is 2.47. The second-order valence-electron chi connectivity index (χ2n) is 4.38. The molecule has 90 valence electrons. The molecule has 0 bridgehead atoms. The van der Waals surface area contributed by atoms with Crippen LogP contribution in [0.5, 0.6) is 5.88 Å². The quantitative estimate of drug-likeness (QED) is 0.730. The molecule has 1 fully saturated rings. The van der Waals surface area contributed by atoms with Crippen molar-refractivity contribution >= 4 is 5.97 Å². The van der Waals surface area contributed by atoms with Gasteiger partial charge in [0.1, 0.15) is 5.69 Å². The fraction of sp³-hybridized carbons (Fsp3) is 0.500. The number of pyridine rings is 1. The number of rotatable bonds is 1. The van der Waals surface area contributed by atoms with Crippen molar-refractivity contribution in [3.63, 3.8) is 0 Å². The van der Waals surface area contributed by atoms with Gasteiger partial charge in [0.05, 0.1) is 12.7 Å². The first-order chi connectivity index (χ1) is 8.25. The molecule has 0 unspecified atom stereocenters. The van der Waals surface area contributed by atoms with Gasteiger partial charge in [-0.25, -0.2) is 9.78 Å². The number of hydrogen-bond donors (Lipinski definition) is 1. The molecule has 1 N–H and O–H groups in total. The van der Waals surface area contributed by atoms with Gasteiger partial charge in [-0.05, 0) is 19.2 Å². The van der Waals surface area contributed by atoms with Gasteiger partial charge in [-0.1, -0.05) is 0 Å². The monoisotopic (exact) mass is 234 g/mol. The highest BCUT2D eigenvalue weighted by Crippen LogP contribution is 2.42. The molecule has 2 aliphatic rings. The third-order valence-electron chi connectivity index (χ3n) is 3.43. The predicted octanol–water partition coefficient (Wildman–Crippen LogP) is 0.839. The lowest BCUT2D eigenvalue weighted by molar-refractivity contribution is -0.0262. The van der Waals surface area contributed by atoms with E-state index in [9.17, 15) is 4.79 Å². The first-order valence-electron chi connectivity index (χ1n) is 5.75. The van der Waals surface area contributed by atoms with Gasteiger partial charge in [-0.15, -0.1) is 0 Å². The predicted molar refractivity (Wildman–Crippen MR) is 60.0 cm³/mol. The van der Waals surface area contributed by atoms with E-state index in [4.69, 9.17) is 9.47 Å². The van der Waals surface area contributed by atoms with Crippen LogP contribution in [0.25, 0.3) is 0 Å². The molecule has 0 aliphatic carbocycles. The Balaban J connectivity index is 2.09. The minimum atomic E-state index is -0.536. The molecule has 17 heavy (non-hydrogen) atoms. The van der Waals surface area contributed by atoms with Crippen LogP contribution in [-0.4, -0.2) is 31.2 Å². The van der Waals surface area contributed by atoms with Gasteiger partial charge in [0, 0.05) is 18.9 Å². The van der Waals surface area contributed by atoms with Crippen molar-refractivity contribution in [3.8, 4) is 5.88 Å². The summed E-state index contributed by atoms with van der Waals surface area (Å²) in [5.74, 6) is 0.261. The van der Waals surface area contributed by atoms with Crippen LogP contribution in [-0.2, 0) is 10.3 Å². The number of methoxy groups -OCH3 is 1. The second kappa shape index (κ2) is 3.70. The lowest BCUT2D eigenvalue weighted by Crippen LogP contribution is -2.40. The van der Waals surface area contributed by atoms with Crippen molar-refractivity contribution in [2.75, 3.05) is 20.2 Å². The maximum absolute atomic E-state index is 11.8. The van der Waals surface area contributed by atoms with E-state index >= 15 is 0 Å². The molecule has 5 nitrogen and oxygen atoms in total. The molecule has 1 aromatic heterocycles. The Labute approximate surface area is 99.1 Å². The Morgan fingerprint density at radius 2 is 2.18 bits per heavy atom. The number of ether oxygens (including phenoxy) is 2. The summed E-state index contributed by atoms with van der Waals surface area (Å²) in [6, 6.07) is 3.43. The highest BCUT2D eigenvalue weighted by molar-refractivity contribution is 5.94. The van der Waals surface area contributed by atoms with Gasteiger partial charge in [0.25, 0.3) is 0 Å². The van der Waals surface area contributed by atoms with E-state index in [-0.39, 0.29) is 5.97 Å². The highest BCUT2D eigenvalue weighted by atomic mass is 16.6. The Hall–Kier alpha value is -1.62. The van der Waals surface area contributed by atoms with Crippen LogP contribution in [0.2, 0.25) is 0 Å². The van der Waals surface area contributed by atoms with Crippen LogP contribution in [0.4, 0.5) is 0 Å². The first-order valence-corrected chi connectivity index (χ1v) is 5.75. The van der Waals surface area contributed by atoms with E-state index in [1.54, 1.807) is 19.2 Å². The van der Waals surface area contributed by atoms with Gasteiger partial charge in [-0.3, -0.25) is 0 Å². The maximum Gasteiger partial charge on any atom is 0.341 e. The summed E-state index contributed by atoms with van der Waals surface area (Å²) in [6.45, 7) is 1.68. The largest absolute Gasteiger partial charge is 0.481 e. The Bertz CT molecular complexity index is 467. The van der Waals surface area contributed by atoms with Gasteiger partial charge >= 0.3 is 5.97 Å². The summed E-state index contributed by atoms with van der Waals surface area (Å²) in [5, 5.41) is 3.26. The average molecular weight is 234 g/mol. The summed E-state index contributed by atoms with van der Waals surface area (Å²) < 4.78 is 10.7. The fourth-order valence-electron chi connectivity index (χ4n) is 2.52. The van der Waals surface area contributed by atoms with E-state index in [2.05, 4.69) is 10.3 Å². The molecular weight excluding hydrogens is 220 g/mol. The number of esters is 1. The van der Waals surface area contributed by atoms with E-state index in [0.29, 0.717) is 11.4 Å². The number of nitrogens with one attached hydrogen (secondary N) is 1. The molecule has 1 saturated heterocycles. The molecule has 0 aromatic carbocycles. The van der Waals surface area contributed by atoms with Crippen LogP contribution in [0.1, 0.15) is 28.9 Å². The minimum absolute atomic E-state index is 0.267. The van der Waals surface area contributed by atoms with Gasteiger partial charge in [0.15, 0.2) is 5.60 Å². The zero-order chi connectivity index (χ0) is 11.9. The van der Waals surface area contributed by atoms with Crippen molar-refractivity contribution in [3.05, 3.63) is 23.4 Å². The summed E-state index contributed by atoms with van der Waals surface area (Å²) in [7, 11) is 1.57. The third kappa shape index (κ3) is 1.50. The fourth-order valence-corrected chi connectivity index (χ4v) is 2.52. The molecule has 5 heteroatoms. The standard InChI is InChI=1S/C12H14N2O3/c1-16-9-3-2-8-10(14-9)12(17-11(8)15)4-6-13-7-5-12/h2-3,13H,4-7H2,1H3. The molecule has 1 aromatic rings. The summed E-state index contributed by atoms with van der Waals surface area (Å²) in [6.07, 6.45) is 1.54. The van der Waals surface area contributed by atoms with Crippen molar-refractivity contribution in [1.82, 2.24) is 10.3 Å². The number of hydrogen-bond acceptors (Lipinski definition) is 5. The third-order valence-corrected chi connectivity index (χ3v) is 3.43. The number of carbonyl (C=O) groups is 1. The van der Waals surface area contributed by atoms with Crippen LogP contribution < -0.4 is 10.1 Å². The molecule has 0 radical (unpaired) electrons. The lowest BCUT2D eigenvalue weighted by atomic mass is 9.88. The summed E-state index contributed by atoms with van der Waals surface area (Å²) in [4.78, 5) is 16.2. The van der Waals surface area contributed by atoms with Crippen LogP contribution >= 0.6 is 0 Å². The van der Waals surface area contributed by atoms with E-state index in [1.165, 1.54) is 0 Å². The second-order valence-corrected chi connectivity index (χ2v) is 4.38. The van der Waals surface area contributed by atoms with Crippen LogP contribution in [0.15, 0.2) is 12.1 Å². The molecule has 1 spiro atoms. The molecule has 3 heterocycles. The van der Waals surface area contributed by atoms with Crippen molar-refractivity contribution in [2.24, 2.45) is 0 Å². The average Bonchev–Trinajstić information content (AvgIpc) is 2.63. The summed E-state index contributed by atoms with van der Waals surface area (Å²) >= 11 is 0. The first kappa shape index (κ1) is 10.5. The van der Waals surface area contributed by atoms with Gasteiger partial charge < -0.3 is 14.8 Å². The zero-order valence-electron chi connectivity index (χ0n) is 9.66. The van der Waals surface area contributed by atoms with Crippen molar-refractivity contribution in [1.29, 1.82) is 0 Å². The number of fused-ring (bicyclic) bond motifs is 2. The molecule has 0 amide bonds. The van der Waals surface area contributed by atoms with Gasteiger partial charge in [-0.2, -0.15) is 0 Å². The number of aromatic nitrogens is 1. The number of nitrogens with zero attached hydrogens (tertiary/aromatic N) is 1. The SMILES string of the molecule is COc1ccc2c(n1)C1(CCNCC1)OC2=O. The molecule has 0 atom stereocenters. The molecule has 3 rings (SSSR count). The van der Waals surface area contributed by atoms with E-state index in [0.717, 1.165) is 31.6 Å². The van der Waals surface area contributed by atoms with Crippen molar-refractivity contribution in [2.45, 2.75) is 18.4 Å². The Morgan fingerprint density at radius 1 is 1.41 bits per heavy atom. The number of piperidine rings is 1. The number of carbonyl (C=O) groups excluding carboxylic acids is 1. The maximum atomic E-state index is 11.8. The lowest BCUT2D eigenvalue weighted by Gasteiger charge is -2.32. The molecule has 0 saturated carbocycles. The van der Waals surface area contributed by atoms with E-state index < -0.39 is 5.60 Å². The van der Waals surface area contributed by atoms with Gasteiger partial charge in [0.2, 0.25) is 5.88 Å². The van der Waals surface area contributed by atoms with E-state index in [1.807, 2.05) is 0 Å². The minimum Gasteiger partial charge on any atom is -0.481 e. The van der Waals surface area contributed by atoms with Crippen LogP contribution in [0, 0.1) is 0 Å². The van der Waals surface area contributed by atoms with Crippen LogP contribution in [0.3, 0.4) is 0 Å². The molecule has 2 aliphatic heterocycles. The Morgan fingerprint density at radius 3 is 2.88 bits per heavy atom. The zero-order valence-corrected chi connectivity index (χ0v) is 9.66. The van der Waals surface area contributed by atoms with Crippen molar-refractivity contribution < 1.29 is 14.3 Å². The molecular formula is C12H14N2O3. The topological polar surface area (TPSA) is 60.4 Å². The summed E-state index contributed by atoms with van der Waals surface area (Å²) in [5.41, 5.74) is 0.780. The smallest absolute Gasteiger partial charge is 0.341 e. The normalized spacial score (nSPS) is 21.1.